The quantitative estimate of drug-likeness (QED) is 0.581. The lowest BCUT2D eigenvalue weighted by molar-refractivity contribution is -0.0958. The van der Waals surface area contributed by atoms with Crippen LogP contribution in [0.25, 0.3) is 0 Å². The third kappa shape index (κ3) is 1.71. The largest absolute Gasteiger partial charge is 0.368 e. The maximum atomic E-state index is 12.4. The number of carbonyl (C=O) groups is 1. The van der Waals surface area contributed by atoms with Gasteiger partial charge in [-0.15, -0.1) is 0 Å². The molecule has 0 spiro atoms. The monoisotopic (exact) mass is 195 g/mol. The normalized spacial score (nSPS) is 12.1. The van der Waals surface area contributed by atoms with Gasteiger partial charge >= 0.3 is 12.3 Å². The fourth-order valence-corrected chi connectivity index (χ4v) is 0.757. The number of aromatic amines is 1. The molecule has 0 bridgehead atoms. The molecule has 0 atom stereocenters. The molecule has 1 aromatic rings. The van der Waals surface area contributed by atoms with E-state index in [1.807, 2.05) is 0 Å². The van der Waals surface area contributed by atoms with Crippen LogP contribution >= 0.6 is 0 Å². The molecule has 0 fully saturated rings. The SMILES string of the molecule is O=C(c1cc[nH]c1)C(F)(F)C(F)F. The van der Waals surface area contributed by atoms with E-state index in [0.717, 1.165) is 12.3 Å². The number of hydrogen-bond donors (Lipinski definition) is 1. The van der Waals surface area contributed by atoms with Gasteiger partial charge in [0.1, 0.15) is 0 Å². The van der Waals surface area contributed by atoms with Crippen molar-refractivity contribution >= 4 is 5.78 Å². The molecule has 1 N–H and O–H groups in total. The number of rotatable bonds is 3. The summed E-state index contributed by atoms with van der Waals surface area (Å²) >= 11 is 0. The highest BCUT2D eigenvalue weighted by atomic mass is 19.3. The first-order valence-corrected chi connectivity index (χ1v) is 3.30. The molecule has 0 saturated heterocycles. The van der Waals surface area contributed by atoms with Crippen LogP contribution in [0.15, 0.2) is 18.5 Å². The molecule has 0 aliphatic rings. The van der Waals surface area contributed by atoms with Gasteiger partial charge in [-0.2, -0.15) is 8.78 Å². The molecule has 2 nitrogen and oxygen atoms in total. The molecule has 0 aliphatic heterocycles. The molecule has 6 heteroatoms. The lowest BCUT2D eigenvalue weighted by Gasteiger charge is -2.11. The van der Waals surface area contributed by atoms with Gasteiger partial charge in [0, 0.05) is 18.0 Å². The molecular formula is C7H5F4NO. The number of ketones is 1. The first-order chi connectivity index (χ1) is 5.96. The third-order valence-electron chi connectivity index (χ3n) is 1.44. The fraction of sp³-hybridized carbons (Fsp3) is 0.286. The summed E-state index contributed by atoms with van der Waals surface area (Å²) in [5, 5.41) is 0. The van der Waals surface area contributed by atoms with Gasteiger partial charge in [0.05, 0.1) is 0 Å². The van der Waals surface area contributed by atoms with Gasteiger partial charge in [0.25, 0.3) is 0 Å². The van der Waals surface area contributed by atoms with Gasteiger partial charge in [-0.3, -0.25) is 4.79 Å². The lowest BCUT2D eigenvalue weighted by atomic mass is 10.1. The Morgan fingerprint density at radius 2 is 2.08 bits per heavy atom. The van der Waals surface area contributed by atoms with Crippen LogP contribution in [0, 0.1) is 0 Å². The average Bonchev–Trinajstić information content (AvgIpc) is 2.54. The predicted octanol–water partition coefficient (Wildman–Crippen LogP) is 2.10. The van der Waals surface area contributed by atoms with Crippen molar-refractivity contribution in [2.24, 2.45) is 0 Å². The van der Waals surface area contributed by atoms with Crippen LogP contribution in [0.4, 0.5) is 17.6 Å². The molecule has 72 valence electrons. The Hall–Kier alpha value is -1.33. The second-order valence-electron chi connectivity index (χ2n) is 2.35. The molecule has 0 aliphatic carbocycles. The Bertz CT molecular complexity index is 293. The Morgan fingerprint density at radius 1 is 1.46 bits per heavy atom. The summed E-state index contributed by atoms with van der Waals surface area (Å²) in [6, 6.07) is 1.01. The molecule has 0 saturated carbocycles. The van der Waals surface area contributed by atoms with Gasteiger partial charge in [-0.05, 0) is 6.07 Å². The molecule has 0 amide bonds. The van der Waals surface area contributed by atoms with Crippen LogP contribution in [0.3, 0.4) is 0 Å². The topological polar surface area (TPSA) is 32.9 Å². The number of Topliss-reactive ketones (excluding diaryl/α,β-unsaturated/α-hetero) is 1. The number of nitrogens with one attached hydrogen (secondary N) is 1. The van der Waals surface area contributed by atoms with Crippen molar-refractivity contribution in [3.63, 3.8) is 0 Å². The zero-order valence-electron chi connectivity index (χ0n) is 6.23. The number of halogens is 4. The van der Waals surface area contributed by atoms with Crippen LogP contribution < -0.4 is 0 Å². The van der Waals surface area contributed by atoms with Crippen LogP contribution in [0.5, 0.6) is 0 Å². The van der Waals surface area contributed by atoms with Crippen LogP contribution in [-0.4, -0.2) is 23.1 Å². The molecular weight excluding hydrogens is 190 g/mol. The standard InChI is InChI=1S/C7H5F4NO/c8-6(9)7(10,11)5(13)4-1-2-12-3-4/h1-3,6,12H. The Labute approximate surface area is 70.6 Å². The third-order valence-corrected chi connectivity index (χ3v) is 1.44. The molecule has 0 aromatic carbocycles. The van der Waals surface area contributed by atoms with Gasteiger partial charge in [-0.25, -0.2) is 8.78 Å². The summed E-state index contributed by atoms with van der Waals surface area (Å²) in [5.74, 6) is -6.48. The van der Waals surface area contributed by atoms with Crippen LogP contribution in [-0.2, 0) is 0 Å². The van der Waals surface area contributed by atoms with Crippen molar-refractivity contribution in [1.29, 1.82) is 0 Å². The number of alkyl halides is 4. The summed E-state index contributed by atoms with van der Waals surface area (Å²) in [6.45, 7) is 0. The summed E-state index contributed by atoms with van der Waals surface area (Å²) in [4.78, 5) is 13.0. The number of aromatic nitrogens is 1. The van der Waals surface area contributed by atoms with E-state index in [2.05, 4.69) is 4.98 Å². The summed E-state index contributed by atoms with van der Waals surface area (Å²) < 4.78 is 48.1. The maximum absolute atomic E-state index is 12.4. The van der Waals surface area contributed by atoms with E-state index in [9.17, 15) is 22.4 Å². The summed E-state index contributed by atoms with van der Waals surface area (Å²) in [7, 11) is 0. The van der Waals surface area contributed by atoms with E-state index in [1.165, 1.54) is 6.20 Å². The maximum Gasteiger partial charge on any atom is 0.368 e. The van der Waals surface area contributed by atoms with E-state index in [0.29, 0.717) is 0 Å². The number of hydrogen-bond acceptors (Lipinski definition) is 1. The Morgan fingerprint density at radius 3 is 2.46 bits per heavy atom. The first-order valence-electron chi connectivity index (χ1n) is 3.30. The highest BCUT2D eigenvalue weighted by Gasteiger charge is 2.49. The molecule has 1 aromatic heterocycles. The van der Waals surface area contributed by atoms with Crippen LogP contribution in [0.2, 0.25) is 0 Å². The van der Waals surface area contributed by atoms with Crippen LogP contribution in [0.1, 0.15) is 10.4 Å². The van der Waals surface area contributed by atoms with Crippen molar-refractivity contribution in [1.82, 2.24) is 4.98 Å². The average molecular weight is 195 g/mol. The summed E-state index contributed by atoms with van der Waals surface area (Å²) in [6.07, 6.45) is -1.83. The minimum Gasteiger partial charge on any atom is -0.367 e. The van der Waals surface area contributed by atoms with E-state index >= 15 is 0 Å². The molecule has 0 radical (unpaired) electrons. The van der Waals surface area contributed by atoms with Crippen molar-refractivity contribution in [3.8, 4) is 0 Å². The second kappa shape index (κ2) is 3.20. The fourth-order valence-electron chi connectivity index (χ4n) is 0.757. The highest BCUT2D eigenvalue weighted by Crippen LogP contribution is 2.26. The minimum atomic E-state index is -4.61. The van der Waals surface area contributed by atoms with Gasteiger partial charge < -0.3 is 4.98 Å². The van der Waals surface area contributed by atoms with E-state index in [1.54, 1.807) is 0 Å². The van der Waals surface area contributed by atoms with E-state index in [4.69, 9.17) is 0 Å². The first kappa shape index (κ1) is 9.76. The van der Waals surface area contributed by atoms with Gasteiger partial charge in [0.2, 0.25) is 5.78 Å². The van der Waals surface area contributed by atoms with E-state index < -0.39 is 23.7 Å². The smallest absolute Gasteiger partial charge is 0.367 e. The Balaban J connectivity index is 2.91. The molecule has 13 heavy (non-hydrogen) atoms. The molecule has 1 rings (SSSR count). The van der Waals surface area contributed by atoms with Crippen molar-refractivity contribution in [2.45, 2.75) is 12.3 Å². The molecule has 0 unspecified atom stereocenters. The zero-order valence-corrected chi connectivity index (χ0v) is 6.23. The summed E-state index contributed by atoms with van der Waals surface area (Å²) in [5.41, 5.74) is -0.453. The second-order valence-corrected chi connectivity index (χ2v) is 2.35. The van der Waals surface area contributed by atoms with Crippen molar-refractivity contribution in [3.05, 3.63) is 24.0 Å². The number of carbonyl (C=O) groups excluding carboxylic acids is 1. The van der Waals surface area contributed by atoms with Gasteiger partial charge in [-0.1, -0.05) is 0 Å². The van der Waals surface area contributed by atoms with Gasteiger partial charge in [0.15, 0.2) is 0 Å². The zero-order chi connectivity index (χ0) is 10.1. The predicted molar refractivity (Wildman–Crippen MR) is 36.1 cm³/mol. The van der Waals surface area contributed by atoms with Crippen molar-refractivity contribution in [2.75, 3.05) is 0 Å². The number of H-pyrrole nitrogens is 1. The highest BCUT2D eigenvalue weighted by molar-refractivity contribution is 6.01. The van der Waals surface area contributed by atoms with Crippen molar-refractivity contribution < 1.29 is 22.4 Å². The lowest BCUT2D eigenvalue weighted by Crippen LogP contribution is -2.36. The van der Waals surface area contributed by atoms with E-state index in [-0.39, 0.29) is 0 Å². The molecule has 1 heterocycles. The Kier molecular flexibility index (Phi) is 2.40. The minimum absolute atomic E-state index is 0.453.